The Balaban J connectivity index is 2.65. The Bertz CT molecular complexity index is 349. The minimum atomic E-state index is -0.167. The van der Waals surface area contributed by atoms with Crippen molar-refractivity contribution in [2.45, 2.75) is 26.2 Å². The monoisotopic (exact) mass is 223 g/mol. The molecule has 0 aliphatic carbocycles. The molecule has 0 unspecified atom stereocenters. The molecule has 0 fully saturated rings. The van der Waals surface area contributed by atoms with E-state index in [1.165, 1.54) is 12.2 Å². The number of hydroxylamine groups is 2. The van der Waals surface area contributed by atoms with E-state index in [-0.39, 0.29) is 12.3 Å². The van der Waals surface area contributed by atoms with Crippen molar-refractivity contribution >= 4 is 5.91 Å². The summed E-state index contributed by atoms with van der Waals surface area (Å²) in [6.45, 7) is 4.14. The minimum absolute atomic E-state index is 0.155. The van der Waals surface area contributed by atoms with E-state index in [0.29, 0.717) is 11.7 Å². The Hall–Kier alpha value is -1.49. The minimum Gasteiger partial charge on any atom is -0.275 e. The van der Waals surface area contributed by atoms with Crippen molar-refractivity contribution in [2.24, 2.45) is 0 Å². The molecular formula is C11H17N3O2. The normalized spacial score (nSPS) is 10.6. The maximum atomic E-state index is 11.5. The maximum Gasteiger partial charge on any atom is 0.253 e. The quantitative estimate of drug-likeness (QED) is 0.719. The number of hydrogen-bond acceptors (Lipinski definition) is 4. The Morgan fingerprint density at radius 1 is 1.44 bits per heavy atom. The lowest BCUT2D eigenvalue weighted by atomic mass is 10.1. The smallest absolute Gasteiger partial charge is 0.253 e. The molecule has 5 heteroatoms. The van der Waals surface area contributed by atoms with Gasteiger partial charge in [-0.15, -0.1) is 0 Å². The van der Waals surface area contributed by atoms with Crippen LogP contribution in [0.3, 0.4) is 0 Å². The summed E-state index contributed by atoms with van der Waals surface area (Å²) < 4.78 is 0. The third kappa shape index (κ3) is 3.27. The summed E-state index contributed by atoms with van der Waals surface area (Å²) in [6, 6.07) is 0. The van der Waals surface area contributed by atoms with Crippen LogP contribution in [0.1, 0.15) is 31.2 Å². The van der Waals surface area contributed by atoms with Crippen LogP contribution in [0.5, 0.6) is 0 Å². The molecule has 1 aromatic heterocycles. The van der Waals surface area contributed by atoms with E-state index in [2.05, 4.69) is 23.8 Å². The van der Waals surface area contributed by atoms with Crippen molar-refractivity contribution in [3.05, 3.63) is 23.8 Å². The van der Waals surface area contributed by atoms with Crippen molar-refractivity contribution in [3.8, 4) is 0 Å². The topological polar surface area (TPSA) is 55.3 Å². The molecule has 88 valence electrons. The molecule has 1 rings (SSSR count). The molecule has 1 amide bonds. The van der Waals surface area contributed by atoms with Gasteiger partial charge >= 0.3 is 0 Å². The predicted octanol–water partition coefficient (Wildman–Crippen LogP) is 1.16. The van der Waals surface area contributed by atoms with E-state index in [9.17, 15) is 4.79 Å². The molecule has 1 heterocycles. The highest BCUT2D eigenvalue weighted by molar-refractivity contribution is 5.76. The first kappa shape index (κ1) is 12.6. The van der Waals surface area contributed by atoms with E-state index < -0.39 is 0 Å². The summed E-state index contributed by atoms with van der Waals surface area (Å²) in [7, 11) is 3.01. The molecule has 0 N–H and O–H groups in total. The fourth-order valence-corrected chi connectivity index (χ4v) is 1.10. The lowest BCUT2D eigenvalue weighted by molar-refractivity contribution is -0.167. The zero-order valence-corrected chi connectivity index (χ0v) is 10.1. The zero-order chi connectivity index (χ0) is 12.1. The predicted molar refractivity (Wildman–Crippen MR) is 59.6 cm³/mol. The number of carbonyl (C=O) groups excluding carboxylic acids is 1. The van der Waals surface area contributed by atoms with Crippen LogP contribution in [0, 0.1) is 0 Å². The number of rotatable bonds is 4. The molecule has 0 aliphatic rings. The average molecular weight is 223 g/mol. The molecule has 0 bridgehead atoms. The summed E-state index contributed by atoms with van der Waals surface area (Å²) in [6.07, 6.45) is 3.67. The second kappa shape index (κ2) is 5.55. The van der Waals surface area contributed by atoms with Crippen LogP contribution < -0.4 is 0 Å². The molecule has 1 aromatic rings. The highest BCUT2D eigenvalue weighted by Gasteiger charge is 2.11. The number of likely N-dealkylation sites (N-methyl/N-ethyl adjacent to an activating group) is 1. The molecule has 0 saturated carbocycles. The largest absolute Gasteiger partial charge is 0.275 e. The zero-order valence-electron chi connectivity index (χ0n) is 10.1. The van der Waals surface area contributed by atoms with E-state index in [1.807, 2.05) is 0 Å². The molecular weight excluding hydrogens is 206 g/mol. The summed E-state index contributed by atoms with van der Waals surface area (Å²) in [5.74, 6) is 0.740. The number of aromatic nitrogens is 2. The molecule has 0 radical (unpaired) electrons. The molecule has 5 nitrogen and oxygen atoms in total. The van der Waals surface area contributed by atoms with Crippen LogP contribution >= 0.6 is 0 Å². The van der Waals surface area contributed by atoms with Crippen molar-refractivity contribution < 1.29 is 9.63 Å². The number of nitrogens with zero attached hydrogens (tertiary/aromatic N) is 3. The van der Waals surface area contributed by atoms with E-state index >= 15 is 0 Å². The van der Waals surface area contributed by atoms with Gasteiger partial charge in [0.2, 0.25) is 0 Å². The van der Waals surface area contributed by atoms with Gasteiger partial charge in [-0.1, -0.05) is 13.8 Å². The Morgan fingerprint density at radius 2 is 2.00 bits per heavy atom. The third-order valence-electron chi connectivity index (χ3n) is 2.33. The summed E-state index contributed by atoms with van der Waals surface area (Å²) >= 11 is 0. The van der Waals surface area contributed by atoms with Gasteiger partial charge in [0, 0.05) is 19.4 Å². The first-order valence-electron chi connectivity index (χ1n) is 5.16. The standard InChI is InChI=1S/C11H17N3O2/c1-8(2)9-6-12-10(13-7-9)5-11(15)14(3)16-4/h6-8H,5H2,1-4H3. The van der Waals surface area contributed by atoms with Crippen molar-refractivity contribution in [1.29, 1.82) is 0 Å². The fourth-order valence-electron chi connectivity index (χ4n) is 1.10. The first-order chi connectivity index (χ1) is 7.54. The van der Waals surface area contributed by atoms with Crippen molar-refractivity contribution in [3.63, 3.8) is 0 Å². The number of hydrogen-bond donors (Lipinski definition) is 0. The SMILES string of the molecule is CON(C)C(=O)Cc1ncc(C(C)C)cn1. The molecule has 0 saturated heterocycles. The van der Waals surface area contributed by atoms with Crippen molar-refractivity contribution in [1.82, 2.24) is 15.0 Å². The second-order valence-corrected chi connectivity index (χ2v) is 3.84. The van der Waals surface area contributed by atoms with Crippen LogP contribution in [0.25, 0.3) is 0 Å². The number of amides is 1. The highest BCUT2D eigenvalue weighted by Crippen LogP contribution is 2.11. The van der Waals surface area contributed by atoms with Gasteiger partial charge in [0.15, 0.2) is 0 Å². The second-order valence-electron chi connectivity index (χ2n) is 3.84. The Labute approximate surface area is 95.4 Å². The van der Waals surface area contributed by atoms with E-state index in [1.54, 1.807) is 19.4 Å². The van der Waals surface area contributed by atoms with Gasteiger partial charge in [0.05, 0.1) is 13.5 Å². The van der Waals surface area contributed by atoms with Gasteiger partial charge in [-0.25, -0.2) is 15.0 Å². The van der Waals surface area contributed by atoms with Crippen LogP contribution in [0.2, 0.25) is 0 Å². The maximum absolute atomic E-state index is 11.5. The van der Waals surface area contributed by atoms with Crippen LogP contribution in [-0.2, 0) is 16.1 Å². The van der Waals surface area contributed by atoms with Crippen LogP contribution in [-0.4, -0.2) is 35.1 Å². The molecule has 0 aromatic carbocycles. The third-order valence-corrected chi connectivity index (χ3v) is 2.33. The molecule has 0 atom stereocenters. The van der Waals surface area contributed by atoms with Crippen LogP contribution in [0.15, 0.2) is 12.4 Å². The summed E-state index contributed by atoms with van der Waals surface area (Å²) in [5.41, 5.74) is 1.07. The van der Waals surface area contributed by atoms with Gasteiger partial charge in [-0.05, 0) is 11.5 Å². The lowest BCUT2D eigenvalue weighted by Crippen LogP contribution is -2.27. The van der Waals surface area contributed by atoms with E-state index in [0.717, 1.165) is 5.56 Å². The number of carbonyl (C=O) groups is 1. The molecule has 0 spiro atoms. The van der Waals surface area contributed by atoms with Gasteiger partial charge in [-0.2, -0.15) is 0 Å². The first-order valence-corrected chi connectivity index (χ1v) is 5.16. The van der Waals surface area contributed by atoms with Gasteiger partial charge in [0.1, 0.15) is 5.82 Å². The fraction of sp³-hybridized carbons (Fsp3) is 0.545. The van der Waals surface area contributed by atoms with Gasteiger partial charge in [-0.3, -0.25) is 9.63 Å². The Morgan fingerprint density at radius 3 is 2.44 bits per heavy atom. The van der Waals surface area contributed by atoms with E-state index in [4.69, 9.17) is 4.84 Å². The summed E-state index contributed by atoms with van der Waals surface area (Å²) in [4.78, 5) is 24.5. The van der Waals surface area contributed by atoms with Crippen LogP contribution in [0.4, 0.5) is 0 Å². The average Bonchev–Trinajstić information content (AvgIpc) is 2.28. The Kier molecular flexibility index (Phi) is 4.37. The highest BCUT2D eigenvalue weighted by atomic mass is 16.7. The van der Waals surface area contributed by atoms with Gasteiger partial charge in [0.25, 0.3) is 5.91 Å². The van der Waals surface area contributed by atoms with Gasteiger partial charge < -0.3 is 0 Å². The molecule has 16 heavy (non-hydrogen) atoms. The summed E-state index contributed by atoms with van der Waals surface area (Å²) in [5, 5.41) is 1.17. The van der Waals surface area contributed by atoms with Crippen molar-refractivity contribution in [2.75, 3.05) is 14.2 Å². The lowest BCUT2D eigenvalue weighted by Gasteiger charge is -2.12. The molecule has 0 aliphatic heterocycles.